The number of aromatic nitrogens is 2. The van der Waals surface area contributed by atoms with Crippen molar-refractivity contribution in [3.8, 4) is 0 Å². The van der Waals surface area contributed by atoms with Crippen molar-refractivity contribution in [2.75, 3.05) is 18.5 Å². The first-order chi connectivity index (χ1) is 10.2. The van der Waals surface area contributed by atoms with Gasteiger partial charge in [0.15, 0.2) is 0 Å². The number of aliphatic hydroxyl groups excluding tert-OH is 1. The lowest BCUT2D eigenvalue weighted by Gasteiger charge is -2.06. The van der Waals surface area contributed by atoms with Crippen molar-refractivity contribution in [3.63, 3.8) is 0 Å². The number of nitrogens with one attached hydrogen (secondary N) is 2. The fraction of sp³-hybridized carbons (Fsp3) is 0.467. The van der Waals surface area contributed by atoms with E-state index in [1.165, 1.54) is 0 Å². The van der Waals surface area contributed by atoms with Crippen LogP contribution in [0.5, 0.6) is 0 Å². The molecule has 1 heterocycles. The molecule has 3 N–H and O–H groups in total. The van der Waals surface area contributed by atoms with E-state index in [9.17, 15) is 0 Å². The zero-order valence-corrected chi connectivity index (χ0v) is 12.5. The molecule has 0 amide bonds. The molecule has 1 atom stereocenters. The summed E-state index contributed by atoms with van der Waals surface area (Å²) >= 11 is 0. The summed E-state index contributed by atoms with van der Waals surface area (Å²) in [6, 6.07) is 8.39. The van der Waals surface area contributed by atoms with Gasteiger partial charge in [-0.1, -0.05) is 24.2 Å². The number of benzene rings is 1. The Hall–Kier alpha value is -1.92. The van der Waals surface area contributed by atoms with Gasteiger partial charge in [-0.05, 0) is 44.0 Å². The van der Waals surface area contributed by atoms with E-state index >= 15 is 0 Å². The average Bonchev–Trinajstić information content (AvgIpc) is 2.94. The molecule has 0 spiro atoms. The molecule has 0 radical (unpaired) electrons. The number of nitrogens with zero attached hydrogens (tertiary/aromatic N) is 2. The summed E-state index contributed by atoms with van der Waals surface area (Å²) in [6.45, 7) is 5.06. The molecular weight excluding hydrogens is 268 g/mol. The Balaban J connectivity index is 2.01. The maximum Gasteiger partial charge on any atom is 0.320 e. The first-order valence-corrected chi connectivity index (χ1v) is 7.26. The summed E-state index contributed by atoms with van der Waals surface area (Å²) < 4.78 is 5.59. The molecule has 6 heteroatoms. The highest BCUT2D eigenvalue weighted by atomic mass is 16.4. The van der Waals surface area contributed by atoms with Crippen LogP contribution in [0.4, 0.5) is 11.7 Å². The molecule has 2 rings (SSSR count). The van der Waals surface area contributed by atoms with Gasteiger partial charge in [0.05, 0.1) is 6.04 Å². The Morgan fingerprint density at radius 2 is 2.19 bits per heavy atom. The first kappa shape index (κ1) is 15.5. The zero-order chi connectivity index (χ0) is 15.1. The third-order valence-electron chi connectivity index (χ3n) is 3.12. The van der Waals surface area contributed by atoms with Crippen LogP contribution in [0.1, 0.15) is 37.8 Å². The van der Waals surface area contributed by atoms with Gasteiger partial charge in [0.25, 0.3) is 0 Å². The van der Waals surface area contributed by atoms with Gasteiger partial charge < -0.3 is 20.2 Å². The van der Waals surface area contributed by atoms with Crippen LogP contribution in [-0.2, 0) is 6.42 Å². The van der Waals surface area contributed by atoms with E-state index in [2.05, 4.69) is 20.8 Å². The molecule has 1 aromatic carbocycles. The number of aliphatic hydroxyl groups is 1. The minimum absolute atomic E-state index is 0.0361. The number of hydrogen-bond donors (Lipinski definition) is 3. The molecule has 0 aliphatic heterocycles. The molecule has 2 aromatic rings. The van der Waals surface area contributed by atoms with Crippen LogP contribution in [0.15, 0.2) is 28.7 Å². The third kappa shape index (κ3) is 4.54. The normalized spacial score (nSPS) is 12.3. The second-order valence-electron chi connectivity index (χ2n) is 4.88. The number of anilines is 2. The second kappa shape index (κ2) is 7.75. The van der Waals surface area contributed by atoms with E-state index in [0.717, 1.165) is 30.6 Å². The van der Waals surface area contributed by atoms with E-state index in [4.69, 9.17) is 9.52 Å². The van der Waals surface area contributed by atoms with Crippen LogP contribution in [0.2, 0.25) is 0 Å². The summed E-state index contributed by atoms with van der Waals surface area (Å²) in [5, 5.41) is 23.2. The molecular formula is C15H22N4O2. The fourth-order valence-corrected chi connectivity index (χ4v) is 2.06. The zero-order valence-electron chi connectivity index (χ0n) is 12.5. The smallest absolute Gasteiger partial charge is 0.320 e. The van der Waals surface area contributed by atoms with Crippen LogP contribution in [0.25, 0.3) is 0 Å². The van der Waals surface area contributed by atoms with E-state index < -0.39 is 0 Å². The maximum absolute atomic E-state index is 8.88. The van der Waals surface area contributed by atoms with Crippen LogP contribution in [-0.4, -0.2) is 28.5 Å². The number of hydrogen-bond acceptors (Lipinski definition) is 6. The standard InChI is InChI=1S/C15H22N4O2/c1-3-16-11(2)14-18-19-15(21-14)17-13-8-4-6-12(10-13)7-5-9-20/h4,6,8,10-11,16,20H,3,5,7,9H2,1-2H3,(H,17,19). The van der Waals surface area contributed by atoms with Crippen molar-refractivity contribution in [3.05, 3.63) is 35.7 Å². The van der Waals surface area contributed by atoms with Crippen LogP contribution >= 0.6 is 0 Å². The van der Waals surface area contributed by atoms with Gasteiger partial charge in [0, 0.05) is 12.3 Å². The predicted molar refractivity (Wildman–Crippen MR) is 81.5 cm³/mol. The van der Waals surface area contributed by atoms with Crippen LogP contribution in [0.3, 0.4) is 0 Å². The lowest BCUT2D eigenvalue weighted by Crippen LogP contribution is -2.17. The predicted octanol–water partition coefficient (Wildman–Crippen LogP) is 2.41. The Morgan fingerprint density at radius 3 is 2.95 bits per heavy atom. The van der Waals surface area contributed by atoms with Crippen molar-refractivity contribution in [2.45, 2.75) is 32.7 Å². The number of aryl methyl sites for hydroxylation is 1. The summed E-state index contributed by atoms with van der Waals surface area (Å²) in [5.74, 6) is 0.566. The molecule has 21 heavy (non-hydrogen) atoms. The lowest BCUT2D eigenvalue weighted by molar-refractivity contribution is 0.288. The van der Waals surface area contributed by atoms with Crippen molar-refractivity contribution in [1.29, 1.82) is 0 Å². The van der Waals surface area contributed by atoms with E-state index in [1.54, 1.807) is 0 Å². The Morgan fingerprint density at radius 1 is 1.33 bits per heavy atom. The van der Waals surface area contributed by atoms with E-state index in [0.29, 0.717) is 11.9 Å². The topological polar surface area (TPSA) is 83.2 Å². The maximum atomic E-state index is 8.88. The SMILES string of the molecule is CCNC(C)c1nnc(Nc2cccc(CCCO)c2)o1. The third-order valence-corrected chi connectivity index (χ3v) is 3.12. The molecule has 1 aromatic heterocycles. The van der Waals surface area contributed by atoms with Gasteiger partial charge >= 0.3 is 6.01 Å². The summed E-state index contributed by atoms with van der Waals surface area (Å²) in [5.41, 5.74) is 2.06. The van der Waals surface area contributed by atoms with Crippen molar-refractivity contribution in [1.82, 2.24) is 15.5 Å². The second-order valence-corrected chi connectivity index (χ2v) is 4.88. The fourth-order valence-electron chi connectivity index (χ4n) is 2.06. The van der Waals surface area contributed by atoms with Gasteiger partial charge in [-0.25, -0.2) is 0 Å². The summed E-state index contributed by atoms with van der Waals surface area (Å²) in [6.07, 6.45) is 1.60. The molecule has 114 valence electrons. The van der Waals surface area contributed by atoms with Crippen molar-refractivity contribution >= 4 is 11.7 Å². The Bertz CT molecular complexity index is 556. The van der Waals surface area contributed by atoms with Crippen molar-refractivity contribution < 1.29 is 9.52 Å². The van der Waals surface area contributed by atoms with Crippen LogP contribution in [0, 0.1) is 0 Å². The molecule has 0 aliphatic carbocycles. The van der Waals surface area contributed by atoms with E-state index in [1.807, 2.05) is 38.1 Å². The highest BCUT2D eigenvalue weighted by Gasteiger charge is 2.12. The lowest BCUT2D eigenvalue weighted by atomic mass is 10.1. The minimum atomic E-state index is 0.0361. The average molecular weight is 290 g/mol. The minimum Gasteiger partial charge on any atom is -0.406 e. The Labute approximate surface area is 124 Å². The van der Waals surface area contributed by atoms with Gasteiger partial charge in [-0.3, -0.25) is 0 Å². The quantitative estimate of drug-likeness (QED) is 0.692. The largest absolute Gasteiger partial charge is 0.406 e. The van der Waals surface area contributed by atoms with Crippen molar-refractivity contribution in [2.24, 2.45) is 0 Å². The first-order valence-electron chi connectivity index (χ1n) is 7.26. The molecule has 6 nitrogen and oxygen atoms in total. The molecule has 1 unspecified atom stereocenters. The molecule has 0 aliphatic rings. The van der Waals surface area contributed by atoms with Gasteiger partial charge in [0.1, 0.15) is 0 Å². The molecule has 0 saturated heterocycles. The van der Waals surface area contributed by atoms with Gasteiger partial charge in [0.2, 0.25) is 5.89 Å². The number of rotatable bonds is 8. The summed E-state index contributed by atoms with van der Waals surface area (Å²) in [4.78, 5) is 0. The molecule has 0 saturated carbocycles. The van der Waals surface area contributed by atoms with Crippen LogP contribution < -0.4 is 10.6 Å². The summed E-state index contributed by atoms with van der Waals surface area (Å²) in [7, 11) is 0. The van der Waals surface area contributed by atoms with Gasteiger partial charge in [-0.15, -0.1) is 5.10 Å². The molecule has 0 bridgehead atoms. The highest BCUT2D eigenvalue weighted by molar-refractivity contribution is 5.53. The Kier molecular flexibility index (Phi) is 5.71. The highest BCUT2D eigenvalue weighted by Crippen LogP contribution is 2.19. The van der Waals surface area contributed by atoms with Gasteiger partial charge in [-0.2, -0.15) is 0 Å². The van der Waals surface area contributed by atoms with E-state index in [-0.39, 0.29) is 12.6 Å². The monoisotopic (exact) mass is 290 g/mol. The molecule has 0 fully saturated rings.